The smallest absolute Gasteiger partial charge is 0.387 e. The van der Waals surface area contributed by atoms with Crippen molar-refractivity contribution in [3.63, 3.8) is 0 Å². The van der Waals surface area contributed by atoms with Gasteiger partial charge in [0.15, 0.2) is 0 Å². The lowest BCUT2D eigenvalue weighted by Crippen LogP contribution is -2.60. The first-order valence-corrected chi connectivity index (χ1v) is 7.93. The molecule has 0 rings (SSSR count). The van der Waals surface area contributed by atoms with Crippen LogP contribution in [0.4, 0.5) is 35.1 Å². The van der Waals surface area contributed by atoms with Crippen molar-refractivity contribution in [3.05, 3.63) is 12.2 Å². The summed E-state index contributed by atoms with van der Waals surface area (Å²) in [4.78, 5) is 11.3. The fourth-order valence-electron chi connectivity index (χ4n) is 1.44. The molecule has 26 heavy (non-hydrogen) atoms. The molecule has 0 radical (unpaired) electrons. The van der Waals surface area contributed by atoms with Gasteiger partial charge in [-0.1, -0.05) is 6.58 Å². The summed E-state index contributed by atoms with van der Waals surface area (Å²) in [5, 5.41) is 8.44. The molecule has 154 valence electrons. The van der Waals surface area contributed by atoms with E-state index < -0.39 is 47.1 Å². The normalized spacial score (nSPS) is 13.6. The third kappa shape index (κ3) is 6.18. The van der Waals surface area contributed by atoms with Gasteiger partial charge in [0.1, 0.15) is 0 Å². The van der Waals surface area contributed by atoms with Crippen LogP contribution >= 0.6 is 22.6 Å². The quantitative estimate of drug-likeness (QED) is 0.108. The predicted octanol–water partition coefficient (Wildman–Crippen LogP) is 3.81. The van der Waals surface area contributed by atoms with Crippen LogP contribution in [-0.4, -0.2) is 59.2 Å². The van der Waals surface area contributed by atoms with Crippen LogP contribution in [-0.2, 0) is 14.3 Å². The number of aliphatic hydroxyl groups is 1. The van der Waals surface area contributed by atoms with Crippen molar-refractivity contribution in [1.82, 2.24) is 0 Å². The van der Waals surface area contributed by atoms with Gasteiger partial charge in [-0.2, -0.15) is 35.1 Å². The molecule has 0 unspecified atom stereocenters. The number of carbonyl (C=O) groups is 1. The van der Waals surface area contributed by atoms with Crippen molar-refractivity contribution >= 4 is 28.6 Å². The molecule has 0 bridgehead atoms. The molecule has 0 aliphatic carbocycles. The van der Waals surface area contributed by atoms with Gasteiger partial charge in [0.05, 0.1) is 32.0 Å². The number of esters is 1. The van der Waals surface area contributed by atoms with E-state index in [9.17, 15) is 39.9 Å². The molecule has 0 atom stereocenters. The number of hydrogen-bond acceptors (Lipinski definition) is 4. The molecule has 1 N–H and O–H groups in total. The summed E-state index contributed by atoms with van der Waals surface area (Å²) < 4.78 is 108. The molecule has 0 aromatic heterocycles. The topological polar surface area (TPSA) is 55.8 Å². The van der Waals surface area contributed by atoms with E-state index >= 15 is 0 Å². The van der Waals surface area contributed by atoms with Gasteiger partial charge < -0.3 is 14.6 Å². The van der Waals surface area contributed by atoms with Gasteiger partial charge in [-0.25, -0.2) is 4.79 Å². The molecule has 0 aromatic rings. The Morgan fingerprint density at radius 3 is 2.00 bits per heavy atom. The van der Waals surface area contributed by atoms with Gasteiger partial charge >= 0.3 is 27.7 Å². The highest BCUT2D eigenvalue weighted by Crippen LogP contribution is 2.55. The largest absolute Gasteiger partial charge is 0.462 e. The highest BCUT2D eigenvalue weighted by atomic mass is 127. The number of rotatable bonds is 12. The first kappa shape index (κ1) is 25.3. The lowest BCUT2D eigenvalue weighted by molar-refractivity contribution is -0.343. The monoisotopic (exact) mass is 514 g/mol. The van der Waals surface area contributed by atoms with Crippen LogP contribution < -0.4 is 0 Å². The molecular weight excluding hydrogens is 499 g/mol. The first-order valence-electron chi connectivity index (χ1n) is 6.85. The average molecular weight is 514 g/mol. The average Bonchev–Trinajstić information content (AvgIpc) is 2.49. The Labute approximate surface area is 156 Å². The van der Waals surface area contributed by atoms with E-state index in [1.807, 2.05) is 0 Å². The van der Waals surface area contributed by atoms with Gasteiger partial charge in [-0.15, -0.1) is 0 Å². The van der Waals surface area contributed by atoms with E-state index in [4.69, 9.17) is 9.84 Å². The maximum absolute atomic E-state index is 13.3. The van der Waals surface area contributed by atoms with Crippen LogP contribution in [0.2, 0.25) is 0 Å². The number of halogens is 9. The Kier molecular flexibility index (Phi) is 9.23. The minimum atomic E-state index is -6.32. The maximum atomic E-state index is 13.3. The molecule has 13 heteroatoms. The molecule has 0 aliphatic heterocycles. The van der Waals surface area contributed by atoms with Gasteiger partial charge in [0.25, 0.3) is 0 Å². The van der Waals surface area contributed by atoms with Gasteiger partial charge in [-0.05, 0) is 6.42 Å². The molecule has 0 fully saturated rings. The second-order valence-electron chi connectivity index (χ2n) is 4.97. The van der Waals surface area contributed by atoms with Gasteiger partial charge in [-0.3, -0.25) is 0 Å². The predicted molar refractivity (Wildman–Crippen MR) is 81.0 cm³/mol. The van der Waals surface area contributed by atoms with E-state index in [0.29, 0.717) is 0 Å². The Morgan fingerprint density at radius 1 is 1.00 bits per heavy atom. The summed E-state index contributed by atoms with van der Waals surface area (Å²) in [6.07, 6.45) is -2.93. The summed E-state index contributed by atoms with van der Waals surface area (Å²) in [6, 6.07) is 0. The second kappa shape index (κ2) is 9.48. The lowest BCUT2D eigenvalue weighted by atomic mass is 10.0. The third-order valence-corrected chi connectivity index (χ3v) is 3.56. The van der Waals surface area contributed by atoms with Gasteiger partial charge in [0, 0.05) is 29.0 Å². The number of ether oxygens (including phenoxy) is 2. The first-order chi connectivity index (χ1) is 11.6. The summed E-state index contributed by atoms with van der Waals surface area (Å²) in [5.41, 5.74) is -0.272. The summed E-state index contributed by atoms with van der Waals surface area (Å²) >= 11 is -0.344. The summed E-state index contributed by atoms with van der Waals surface area (Å²) in [6.45, 7) is 1.54. The van der Waals surface area contributed by atoms with Crippen molar-refractivity contribution in [3.8, 4) is 0 Å². The fraction of sp³-hybridized carbons (Fsp3) is 0.769. The Hall–Kier alpha value is -0.700. The number of carbonyl (C=O) groups excluding carboxylic acids is 1. The number of hydrogen-bond donors (Lipinski definition) is 1. The zero-order valence-electron chi connectivity index (χ0n) is 13.0. The maximum Gasteiger partial charge on any atom is 0.387 e. The van der Waals surface area contributed by atoms with E-state index in [1.54, 1.807) is 0 Å². The number of aliphatic hydroxyl groups excluding tert-OH is 1. The van der Waals surface area contributed by atoms with Crippen LogP contribution in [0, 0.1) is 0 Å². The molecular formula is C13H15F8IO4. The number of alkyl halides is 9. The SMILES string of the molecule is C=C(COCCO)C(=O)OCCCC(F)(F)C(F)(F)C(F)(F)C(F)(F)I. The van der Waals surface area contributed by atoms with Crippen molar-refractivity contribution in [2.24, 2.45) is 0 Å². The minimum absolute atomic E-state index is 0.122. The van der Waals surface area contributed by atoms with Crippen LogP contribution in [0.1, 0.15) is 12.8 Å². The Balaban J connectivity index is 4.62. The highest BCUT2D eigenvalue weighted by Gasteiger charge is 2.79. The van der Waals surface area contributed by atoms with E-state index in [0.717, 1.165) is 0 Å². The zero-order valence-corrected chi connectivity index (χ0v) is 15.2. The molecule has 0 aromatic carbocycles. The summed E-state index contributed by atoms with van der Waals surface area (Å²) in [5.74, 6) is -19.2. The van der Waals surface area contributed by atoms with Crippen LogP contribution in [0.5, 0.6) is 0 Å². The minimum Gasteiger partial charge on any atom is -0.462 e. The van der Waals surface area contributed by atoms with E-state index in [-0.39, 0.29) is 48.0 Å². The molecule has 0 heterocycles. The molecule has 0 saturated heterocycles. The Bertz CT molecular complexity index is 493. The second-order valence-corrected chi connectivity index (χ2v) is 6.33. The lowest BCUT2D eigenvalue weighted by Gasteiger charge is -2.34. The van der Waals surface area contributed by atoms with Crippen molar-refractivity contribution in [1.29, 1.82) is 0 Å². The molecule has 0 aliphatic rings. The zero-order chi connectivity index (χ0) is 20.8. The van der Waals surface area contributed by atoms with Gasteiger partial charge in [0.2, 0.25) is 0 Å². The Morgan fingerprint density at radius 2 is 1.54 bits per heavy atom. The van der Waals surface area contributed by atoms with E-state index in [2.05, 4.69) is 11.3 Å². The van der Waals surface area contributed by atoms with Crippen LogP contribution in [0.25, 0.3) is 0 Å². The van der Waals surface area contributed by atoms with Crippen molar-refractivity contribution in [2.75, 3.05) is 26.4 Å². The van der Waals surface area contributed by atoms with Crippen LogP contribution in [0.15, 0.2) is 12.2 Å². The van der Waals surface area contributed by atoms with Crippen molar-refractivity contribution < 1.29 is 54.5 Å². The van der Waals surface area contributed by atoms with Crippen molar-refractivity contribution in [2.45, 2.75) is 34.5 Å². The molecule has 0 amide bonds. The molecule has 0 spiro atoms. The summed E-state index contributed by atoms with van der Waals surface area (Å²) in [7, 11) is 0. The molecule has 4 nitrogen and oxygen atoms in total. The standard InChI is InChI=1S/C13H15F8IO4/c1-8(7-25-6-4-23)9(24)26-5-2-3-10(14,15)11(16,17)12(18,19)13(20,21)22/h23H,1-7H2. The van der Waals surface area contributed by atoms with E-state index in [1.165, 1.54) is 0 Å². The highest BCUT2D eigenvalue weighted by molar-refractivity contribution is 14.1. The molecule has 0 saturated carbocycles. The van der Waals surface area contributed by atoms with Crippen LogP contribution in [0.3, 0.4) is 0 Å². The third-order valence-electron chi connectivity index (χ3n) is 2.88. The fourth-order valence-corrected chi connectivity index (χ4v) is 1.78.